The van der Waals surface area contributed by atoms with Crippen LogP contribution in [0.25, 0.3) is 17.0 Å². The Labute approximate surface area is 217 Å². The quantitative estimate of drug-likeness (QED) is 0.478. The zero-order valence-electron chi connectivity index (χ0n) is 19.4. The molecule has 1 aromatic heterocycles. The molecular formula is C26H24ClN5O3S. The molecule has 10 heteroatoms. The van der Waals surface area contributed by atoms with Gasteiger partial charge in [0.15, 0.2) is 5.17 Å². The number of aliphatic imine (C=N–C) groups is 1. The Kier molecular flexibility index (Phi) is 7.62. The number of thioether (sulfide) groups is 1. The van der Waals surface area contributed by atoms with Crippen molar-refractivity contribution < 1.29 is 14.3 Å². The van der Waals surface area contributed by atoms with E-state index in [1.165, 1.54) is 11.8 Å². The highest BCUT2D eigenvalue weighted by atomic mass is 35.5. The van der Waals surface area contributed by atoms with Crippen LogP contribution in [0.5, 0.6) is 0 Å². The molecule has 2 aliphatic rings. The van der Waals surface area contributed by atoms with E-state index >= 15 is 0 Å². The third-order valence-electron chi connectivity index (χ3n) is 5.82. The summed E-state index contributed by atoms with van der Waals surface area (Å²) in [6.45, 7) is 4.49. The lowest BCUT2D eigenvalue weighted by Crippen LogP contribution is -2.41. The minimum Gasteiger partial charge on any atom is -0.379 e. The molecule has 184 valence electrons. The molecule has 2 saturated heterocycles. The van der Waals surface area contributed by atoms with Gasteiger partial charge >= 0.3 is 0 Å². The number of carbonyl (C=O) groups is 2. The number of carbonyl (C=O) groups excluding carboxylic acids is 2. The Bertz CT molecular complexity index is 1370. The van der Waals surface area contributed by atoms with Gasteiger partial charge in [-0.05, 0) is 59.8 Å². The van der Waals surface area contributed by atoms with Gasteiger partial charge in [-0.3, -0.25) is 19.5 Å². The van der Waals surface area contributed by atoms with E-state index in [1.807, 2.05) is 36.4 Å². The van der Waals surface area contributed by atoms with Gasteiger partial charge < -0.3 is 15.4 Å². The highest BCUT2D eigenvalue weighted by Crippen LogP contribution is 2.32. The predicted molar refractivity (Wildman–Crippen MR) is 144 cm³/mol. The molecule has 36 heavy (non-hydrogen) atoms. The monoisotopic (exact) mass is 521 g/mol. The Morgan fingerprint density at radius 1 is 1.22 bits per heavy atom. The van der Waals surface area contributed by atoms with Crippen molar-refractivity contribution in [2.45, 2.75) is 0 Å². The third kappa shape index (κ3) is 5.93. The average molecular weight is 522 g/mol. The minimum absolute atomic E-state index is 0.198. The SMILES string of the molecule is O=C1NC(=Nc2cc(C(=O)NCCN3CCOCC3)ccc2Cl)S/C1=C/c1ccc2ncccc2c1. The van der Waals surface area contributed by atoms with Crippen LogP contribution in [0.2, 0.25) is 5.02 Å². The molecule has 2 aromatic carbocycles. The van der Waals surface area contributed by atoms with Crippen LogP contribution in [-0.4, -0.2) is 66.3 Å². The fraction of sp³-hybridized carbons (Fsp3) is 0.231. The van der Waals surface area contributed by atoms with Crippen LogP contribution < -0.4 is 10.6 Å². The first kappa shape index (κ1) is 24.5. The molecule has 0 aliphatic carbocycles. The van der Waals surface area contributed by atoms with Gasteiger partial charge in [-0.25, -0.2) is 4.99 Å². The summed E-state index contributed by atoms with van der Waals surface area (Å²) in [5.41, 5.74) is 2.65. The van der Waals surface area contributed by atoms with Crippen molar-refractivity contribution >= 4 is 63.0 Å². The minimum atomic E-state index is -0.238. The normalized spacial score (nSPS) is 18.6. The van der Waals surface area contributed by atoms with E-state index in [1.54, 1.807) is 24.4 Å². The summed E-state index contributed by atoms with van der Waals surface area (Å²) in [5.74, 6) is -0.436. The lowest BCUT2D eigenvalue weighted by molar-refractivity contribution is -0.115. The summed E-state index contributed by atoms with van der Waals surface area (Å²) in [5, 5.41) is 7.50. The van der Waals surface area contributed by atoms with Crippen LogP contribution in [0, 0.1) is 0 Å². The smallest absolute Gasteiger partial charge is 0.264 e. The zero-order valence-corrected chi connectivity index (χ0v) is 20.9. The fourth-order valence-corrected chi connectivity index (χ4v) is 4.91. The van der Waals surface area contributed by atoms with E-state index in [2.05, 4.69) is 25.5 Å². The number of ether oxygens (including phenoxy) is 1. The second-order valence-electron chi connectivity index (χ2n) is 8.31. The number of fused-ring (bicyclic) bond motifs is 1. The summed E-state index contributed by atoms with van der Waals surface area (Å²) in [7, 11) is 0. The highest BCUT2D eigenvalue weighted by molar-refractivity contribution is 8.18. The molecule has 0 saturated carbocycles. The average Bonchev–Trinajstić information content (AvgIpc) is 3.24. The summed E-state index contributed by atoms with van der Waals surface area (Å²) in [6.07, 6.45) is 3.56. The third-order valence-corrected chi connectivity index (χ3v) is 7.05. The lowest BCUT2D eigenvalue weighted by atomic mass is 10.1. The van der Waals surface area contributed by atoms with Gasteiger partial charge in [0.1, 0.15) is 0 Å². The van der Waals surface area contributed by atoms with Crippen LogP contribution in [0.4, 0.5) is 5.69 Å². The number of hydrogen-bond donors (Lipinski definition) is 2. The van der Waals surface area contributed by atoms with Crippen LogP contribution >= 0.6 is 23.4 Å². The molecule has 2 N–H and O–H groups in total. The molecule has 2 aliphatic heterocycles. The van der Waals surface area contributed by atoms with Crippen molar-refractivity contribution in [2.24, 2.45) is 4.99 Å². The van der Waals surface area contributed by atoms with Crippen LogP contribution in [0.3, 0.4) is 0 Å². The predicted octanol–water partition coefficient (Wildman–Crippen LogP) is 3.84. The second-order valence-corrected chi connectivity index (χ2v) is 9.75. The van der Waals surface area contributed by atoms with E-state index in [4.69, 9.17) is 16.3 Å². The van der Waals surface area contributed by atoms with E-state index in [-0.39, 0.29) is 11.8 Å². The topological polar surface area (TPSA) is 95.9 Å². The number of nitrogens with zero attached hydrogens (tertiary/aromatic N) is 3. The molecule has 0 unspecified atom stereocenters. The maximum absolute atomic E-state index is 12.7. The van der Waals surface area contributed by atoms with Crippen molar-refractivity contribution in [3.8, 4) is 0 Å². The summed E-state index contributed by atoms with van der Waals surface area (Å²) >= 11 is 7.57. The first-order chi connectivity index (χ1) is 17.5. The second kappa shape index (κ2) is 11.2. The van der Waals surface area contributed by atoms with Crippen molar-refractivity contribution in [1.82, 2.24) is 20.5 Å². The first-order valence-electron chi connectivity index (χ1n) is 11.6. The van der Waals surface area contributed by atoms with Crippen molar-refractivity contribution in [1.29, 1.82) is 0 Å². The molecule has 2 fully saturated rings. The van der Waals surface area contributed by atoms with Crippen LogP contribution in [-0.2, 0) is 9.53 Å². The molecule has 8 nitrogen and oxygen atoms in total. The summed E-state index contributed by atoms with van der Waals surface area (Å²) in [6, 6.07) is 14.6. The number of aromatic nitrogens is 1. The van der Waals surface area contributed by atoms with Gasteiger partial charge in [0.05, 0.1) is 34.3 Å². The van der Waals surface area contributed by atoms with Gasteiger partial charge in [0.2, 0.25) is 0 Å². The molecule has 0 atom stereocenters. The van der Waals surface area contributed by atoms with E-state index in [0.717, 1.165) is 49.3 Å². The molecule has 0 radical (unpaired) electrons. The van der Waals surface area contributed by atoms with E-state index < -0.39 is 0 Å². The number of rotatable bonds is 6. The first-order valence-corrected chi connectivity index (χ1v) is 12.8. The van der Waals surface area contributed by atoms with Gasteiger partial charge in [-0.1, -0.05) is 23.7 Å². The van der Waals surface area contributed by atoms with Crippen LogP contribution in [0.1, 0.15) is 15.9 Å². The van der Waals surface area contributed by atoms with Crippen molar-refractivity contribution in [3.63, 3.8) is 0 Å². The number of morpholine rings is 1. The molecule has 3 aromatic rings. The Balaban J connectivity index is 1.26. The number of halogens is 1. The number of nitrogens with one attached hydrogen (secondary N) is 2. The molecule has 2 amide bonds. The van der Waals surface area contributed by atoms with E-state index in [9.17, 15) is 9.59 Å². The Hall–Kier alpha value is -3.24. The maximum Gasteiger partial charge on any atom is 0.264 e. The van der Waals surface area contributed by atoms with Gasteiger partial charge in [0.25, 0.3) is 11.8 Å². The molecular weight excluding hydrogens is 498 g/mol. The molecule has 5 rings (SSSR count). The van der Waals surface area contributed by atoms with Crippen molar-refractivity contribution in [2.75, 3.05) is 39.4 Å². The van der Waals surface area contributed by atoms with Gasteiger partial charge in [-0.15, -0.1) is 0 Å². The summed E-state index contributed by atoms with van der Waals surface area (Å²) < 4.78 is 5.35. The number of benzene rings is 2. The summed E-state index contributed by atoms with van der Waals surface area (Å²) in [4.78, 5) is 36.8. The number of pyridine rings is 1. The van der Waals surface area contributed by atoms with Gasteiger partial charge in [0, 0.05) is 43.3 Å². The largest absolute Gasteiger partial charge is 0.379 e. The van der Waals surface area contributed by atoms with Gasteiger partial charge in [-0.2, -0.15) is 0 Å². The number of amides is 2. The molecule has 0 spiro atoms. The zero-order chi connectivity index (χ0) is 24.9. The fourth-order valence-electron chi connectivity index (χ4n) is 3.92. The molecule has 0 bridgehead atoms. The number of amidine groups is 1. The Morgan fingerprint density at radius 2 is 2.08 bits per heavy atom. The number of hydrogen-bond acceptors (Lipinski definition) is 7. The maximum atomic E-state index is 12.7. The van der Waals surface area contributed by atoms with Crippen molar-refractivity contribution in [3.05, 3.63) is 75.8 Å². The molecule has 3 heterocycles. The van der Waals surface area contributed by atoms with Crippen LogP contribution in [0.15, 0.2) is 64.6 Å². The lowest BCUT2D eigenvalue weighted by Gasteiger charge is -2.26. The standard InChI is InChI=1S/C26H24ClN5O3S/c27-20-5-4-19(24(33)29-8-9-32-10-12-35-13-11-32)16-22(20)30-26-31-25(34)23(36-26)15-17-3-6-21-18(14-17)2-1-7-28-21/h1-7,14-16H,8-13H2,(H,29,33)(H,30,31,34)/b23-15+. The Morgan fingerprint density at radius 3 is 2.94 bits per heavy atom. The van der Waals surface area contributed by atoms with E-state index in [0.29, 0.717) is 32.9 Å². The highest BCUT2D eigenvalue weighted by Gasteiger charge is 2.24.